The van der Waals surface area contributed by atoms with Gasteiger partial charge in [0.25, 0.3) is 0 Å². The molecule has 5 aliphatic carbocycles. The third-order valence-corrected chi connectivity index (χ3v) is 11.9. The average molecular weight is 521 g/mol. The summed E-state index contributed by atoms with van der Waals surface area (Å²) < 4.78 is 0. The maximum absolute atomic E-state index is 12.8. The Hall–Kier alpha value is -2.63. The maximum atomic E-state index is 12.8. The smallest absolute Gasteiger partial charge is 0.311 e. The van der Waals surface area contributed by atoms with E-state index in [0.29, 0.717) is 11.5 Å². The Morgan fingerprint density at radius 1 is 0.974 bits per heavy atom. The molecule has 0 aliphatic heterocycles. The minimum atomic E-state index is -0.519. The fourth-order valence-electron chi connectivity index (χ4n) is 9.10. The molecule has 0 aromatic heterocycles. The highest BCUT2D eigenvalue weighted by molar-refractivity contribution is 6.35. The molecule has 0 aromatic carbocycles. The van der Waals surface area contributed by atoms with E-state index in [2.05, 4.69) is 52.1 Å². The van der Waals surface area contributed by atoms with Crippen molar-refractivity contribution in [1.82, 2.24) is 10.2 Å². The van der Waals surface area contributed by atoms with Crippen LogP contribution in [0.4, 0.5) is 0 Å². The first-order chi connectivity index (χ1) is 17.5. The second-order valence-corrected chi connectivity index (χ2v) is 14.3. The van der Waals surface area contributed by atoms with Crippen molar-refractivity contribution in [3.05, 3.63) is 46.3 Å². The molecule has 0 unspecified atom stereocenters. The van der Waals surface area contributed by atoms with Crippen LogP contribution in [-0.4, -0.2) is 47.2 Å². The van der Waals surface area contributed by atoms with Gasteiger partial charge >= 0.3 is 11.8 Å². The van der Waals surface area contributed by atoms with Gasteiger partial charge in [0.05, 0.1) is 0 Å². The molecule has 5 rings (SSSR count). The summed E-state index contributed by atoms with van der Waals surface area (Å²) in [6.07, 6.45) is 13.0. The lowest BCUT2D eigenvalue weighted by Crippen LogP contribution is -2.64. The summed E-state index contributed by atoms with van der Waals surface area (Å²) in [7, 11) is 3.22. The molecule has 2 amide bonds. The minimum Gasteiger partial charge on any atom is -0.504 e. The quantitative estimate of drug-likeness (QED) is 0.443. The molecule has 3 saturated carbocycles. The number of carbonyl (C=O) groups is 3. The first-order valence-electron chi connectivity index (χ1n) is 14.2. The topological polar surface area (TPSA) is 86.7 Å². The van der Waals surface area contributed by atoms with E-state index < -0.39 is 17.4 Å². The lowest BCUT2D eigenvalue weighted by atomic mass is 9.35. The minimum absolute atomic E-state index is 0.000903. The van der Waals surface area contributed by atoms with Crippen molar-refractivity contribution < 1.29 is 19.5 Å². The van der Waals surface area contributed by atoms with Crippen LogP contribution in [0, 0.1) is 27.6 Å². The number of aliphatic hydroxyl groups is 1. The van der Waals surface area contributed by atoms with Gasteiger partial charge in [0.1, 0.15) is 0 Å². The van der Waals surface area contributed by atoms with Gasteiger partial charge in [-0.05, 0) is 98.2 Å². The highest BCUT2D eigenvalue weighted by atomic mass is 16.3. The highest BCUT2D eigenvalue weighted by Crippen LogP contribution is 2.75. The first kappa shape index (κ1) is 27.0. The number of likely N-dealkylation sites (N-methyl/N-ethyl adjacent to an activating group) is 1. The number of nitrogens with one attached hydrogen (secondary N) is 1. The van der Waals surface area contributed by atoms with Gasteiger partial charge in [0.15, 0.2) is 5.76 Å². The van der Waals surface area contributed by atoms with Crippen LogP contribution in [0.5, 0.6) is 0 Å². The number of hydrogen-bond acceptors (Lipinski definition) is 4. The normalized spacial score (nSPS) is 41.9. The van der Waals surface area contributed by atoms with E-state index in [-0.39, 0.29) is 33.2 Å². The zero-order valence-corrected chi connectivity index (χ0v) is 24.4. The average Bonchev–Trinajstić information content (AvgIpc) is 2.85. The van der Waals surface area contributed by atoms with Crippen molar-refractivity contribution in [3.63, 3.8) is 0 Å². The van der Waals surface area contributed by atoms with E-state index in [1.165, 1.54) is 10.5 Å². The van der Waals surface area contributed by atoms with Gasteiger partial charge in [0, 0.05) is 30.6 Å². The van der Waals surface area contributed by atoms with Gasteiger partial charge < -0.3 is 15.3 Å². The van der Waals surface area contributed by atoms with E-state index in [1.807, 2.05) is 6.92 Å². The largest absolute Gasteiger partial charge is 0.504 e. The van der Waals surface area contributed by atoms with Crippen LogP contribution in [0.2, 0.25) is 0 Å². The van der Waals surface area contributed by atoms with Gasteiger partial charge in [0.2, 0.25) is 5.78 Å². The second-order valence-electron chi connectivity index (χ2n) is 14.3. The third-order valence-electron chi connectivity index (χ3n) is 11.9. The Balaban J connectivity index is 1.54. The van der Waals surface area contributed by atoms with Crippen molar-refractivity contribution in [3.8, 4) is 0 Å². The van der Waals surface area contributed by atoms with E-state index in [0.717, 1.165) is 56.1 Å². The lowest BCUT2D eigenvalue weighted by Gasteiger charge is -2.70. The Morgan fingerprint density at radius 2 is 1.63 bits per heavy atom. The SMILES string of the molecule is CC1=C(O)C(=O)C=C2C1=CC=C1[C@@]2(C)CC[C@@]2(C)[C@@H]3C[C@](C)(NC(=O)C(=O)N(C)C)CC[C@]3(C)CC[C@]12C. The summed E-state index contributed by atoms with van der Waals surface area (Å²) >= 11 is 0. The molecule has 0 bridgehead atoms. The molecule has 0 saturated heterocycles. The molecule has 3 fully saturated rings. The number of ketones is 1. The fourth-order valence-corrected chi connectivity index (χ4v) is 9.10. The number of allylic oxidation sites excluding steroid dienone is 7. The van der Waals surface area contributed by atoms with Crippen molar-refractivity contribution >= 4 is 17.6 Å². The number of fused-ring (bicyclic) bond motifs is 7. The van der Waals surface area contributed by atoms with Crippen LogP contribution in [0.15, 0.2) is 46.3 Å². The maximum Gasteiger partial charge on any atom is 0.311 e. The molecule has 0 aromatic rings. The summed E-state index contributed by atoms with van der Waals surface area (Å²) in [5.74, 6) is -1.08. The summed E-state index contributed by atoms with van der Waals surface area (Å²) in [6, 6.07) is 0. The van der Waals surface area contributed by atoms with Crippen LogP contribution in [0.3, 0.4) is 0 Å². The number of nitrogens with zero attached hydrogens (tertiary/aromatic N) is 1. The summed E-state index contributed by atoms with van der Waals surface area (Å²) in [5, 5.41) is 13.5. The summed E-state index contributed by atoms with van der Waals surface area (Å²) in [4.78, 5) is 39.2. The van der Waals surface area contributed by atoms with Crippen LogP contribution >= 0.6 is 0 Å². The van der Waals surface area contributed by atoms with Gasteiger partial charge in [-0.25, -0.2) is 0 Å². The first-order valence-corrected chi connectivity index (χ1v) is 14.2. The molecule has 38 heavy (non-hydrogen) atoms. The highest BCUT2D eigenvalue weighted by Gasteiger charge is 2.66. The number of hydrogen-bond donors (Lipinski definition) is 2. The van der Waals surface area contributed by atoms with Crippen molar-refractivity contribution in [2.75, 3.05) is 14.1 Å². The predicted octanol–water partition coefficient (Wildman–Crippen LogP) is 5.57. The Labute approximate surface area is 227 Å². The molecular formula is C32H44N2O4. The van der Waals surface area contributed by atoms with Crippen LogP contribution in [0.25, 0.3) is 0 Å². The molecular weight excluding hydrogens is 476 g/mol. The Kier molecular flexibility index (Phi) is 5.81. The van der Waals surface area contributed by atoms with Crippen LogP contribution in [-0.2, 0) is 14.4 Å². The molecule has 0 spiro atoms. The molecule has 6 atom stereocenters. The van der Waals surface area contributed by atoms with E-state index in [9.17, 15) is 19.5 Å². The number of carbonyl (C=O) groups excluding carboxylic acids is 3. The Bertz CT molecular complexity index is 1270. The zero-order valence-electron chi connectivity index (χ0n) is 24.4. The van der Waals surface area contributed by atoms with E-state index >= 15 is 0 Å². The Morgan fingerprint density at radius 3 is 2.29 bits per heavy atom. The van der Waals surface area contributed by atoms with Gasteiger partial charge in [-0.2, -0.15) is 0 Å². The summed E-state index contributed by atoms with van der Waals surface area (Å²) in [5.41, 5.74) is 3.53. The number of amides is 2. The molecule has 6 nitrogen and oxygen atoms in total. The monoisotopic (exact) mass is 520 g/mol. The van der Waals surface area contributed by atoms with Crippen LogP contribution in [0.1, 0.15) is 86.5 Å². The molecule has 0 heterocycles. The van der Waals surface area contributed by atoms with E-state index in [4.69, 9.17) is 0 Å². The second kappa shape index (κ2) is 8.19. The number of aliphatic hydroxyl groups excluding tert-OH is 1. The predicted molar refractivity (Wildman–Crippen MR) is 148 cm³/mol. The molecule has 5 aliphatic rings. The standard InChI is InChI=1S/C32H44N2O4/c1-19-20-9-10-23-30(4,21(20)17-22(35)25(19)36)14-16-32(6)24-18-29(3,33-26(37)27(38)34(7)8)13-11-28(24,2)12-15-31(23,32)5/h9-10,17,24,36H,11-16,18H2,1-8H3,(H,33,37)/t24-,28-,29-,30+,31-,32+/m1/s1. The molecule has 2 N–H and O–H groups in total. The summed E-state index contributed by atoms with van der Waals surface area (Å²) in [6.45, 7) is 13.6. The number of rotatable bonds is 1. The van der Waals surface area contributed by atoms with Crippen molar-refractivity contribution in [2.45, 2.75) is 92.0 Å². The van der Waals surface area contributed by atoms with Gasteiger partial charge in [-0.1, -0.05) is 45.4 Å². The fraction of sp³-hybridized carbons (Fsp3) is 0.656. The molecule has 0 radical (unpaired) electrons. The van der Waals surface area contributed by atoms with Gasteiger partial charge in [-0.15, -0.1) is 0 Å². The van der Waals surface area contributed by atoms with Gasteiger partial charge in [-0.3, -0.25) is 14.4 Å². The zero-order chi connectivity index (χ0) is 28.1. The molecule has 6 heteroatoms. The lowest BCUT2D eigenvalue weighted by molar-refractivity contribution is -0.158. The molecule has 206 valence electrons. The van der Waals surface area contributed by atoms with E-state index in [1.54, 1.807) is 20.2 Å². The van der Waals surface area contributed by atoms with Crippen LogP contribution < -0.4 is 5.32 Å². The third kappa shape index (κ3) is 3.47. The van der Waals surface area contributed by atoms with Crippen molar-refractivity contribution in [2.24, 2.45) is 27.6 Å². The van der Waals surface area contributed by atoms with Crippen molar-refractivity contribution in [1.29, 1.82) is 0 Å².